The molecule has 0 unspecified atom stereocenters. The van der Waals surface area contributed by atoms with Gasteiger partial charge < -0.3 is 30.1 Å². The molecule has 4 atom stereocenters. The molecule has 4 rings (SSSR count). The van der Waals surface area contributed by atoms with Gasteiger partial charge in [0.25, 0.3) is 5.91 Å². The predicted molar refractivity (Wildman–Crippen MR) is 119 cm³/mol. The van der Waals surface area contributed by atoms with Crippen molar-refractivity contribution in [3.05, 3.63) is 66.0 Å². The number of anilines is 1. The molecule has 2 aromatic rings. The van der Waals surface area contributed by atoms with Crippen molar-refractivity contribution in [1.29, 1.82) is 0 Å². The first-order valence-electron chi connectivity index (χ1n) is 11.1. The SMILES string of the molecule is O=C(NC[C@@H]1O[C@@H](CC(=O)N2CCN(c3ccc(F)cc3)CC2)[C@H](O)[C@@H]1O)c1ccccc1. The van der Waals surface area contributed by atoms with Crippen molar-refractivity contribution >= 4 is 17.5 Å². The van der Waals surface area contributed by atoms with E-state index in [0.717, 1.165) is 5.69 Å². The molecule has 2 heterocycles. The van der Waals surface area contributed by atoms with Crippen LogP contribution in [0.25, 0.3) is 0 Å². The number of hydrogen-bond acceptors (Lipinski definition) is 6. The van der Waals surface area contributed by atoms with Gasteiger partial charge in [0.2, 0.25) is 5.91 Å². The minimum absolute atomic E-state index is 0.0208. The van der Waals surface area contributed by atoms with Crippen molar-refractivity contribution in [3.8, 4) is 0 Å². The van der Waals surface area contributed by atoms with Crippen molar-refractivity contribution in [3.63, 3.8) is 0 Å². The highest BCUT2D eigenvalue weighted by atomic mass is 19.1. The zero-order valence-electron chi connectivity index (χ0n) is 18.1. The summed E-state index contributed by atoms with van der Waals surface area (Å²) in [5.41, 5.74) is 1.39. The summed E-state index contributed by atoms with van der Waals surface area (Å²) in [7, 11) is 0. The minimum Gasteiger partial charge on any atom is -0.388 e. The van der Waals surface area contributed by atoms with Gasteiger partial charge in [-0.15, -0.1) is 0 Å². The van der Waals surface area contributed by atoms with Crippen molar-refractivity contribution in [2.75, 3.05) is 37.6 Å². The molecule has 2 amide bonds. The molecule has 3 N–H and O–H groups in total. The number of ether oxygens (including phenoxy) is 1. The lowest BCUT2D eigenvalue weighted by molar-refractivity contribution is -0.135. The molecule has 0 aliphatic carbocycles. The van der Waals surface area contributed by atoms with E-state index in [4.69, 9.17) is 4.74 Å². The van der Waals surface area contributed by atoms with E-state index in [2.05, 4.69) is 10.2 Å². The van der Waals surface area contributed by atoms with Crippen LogP contribution in [0.15, 0.2) is 54.6 Å². The van der Waals surface area contributed by atoms with Crippen LogP contribution in [0.1, 0.15) is 16.8 Å². The van der Waals surface area contributed by atoms with Gasteiger partial charge in [-0.1, -0.05) is 18.2 Å². The van der Waals surface area contributed by atoms with Gasteiger partial charge in [0.15, 0.2) is 0 Å². The molecule has 176 valence electrons. The number of nitrogens with one attached hydrogen (secondary N) is 1. The van der Waals surface area contributed by atoms with E-state index in [1.54, 1.807) is 47.4 Å². The zero-order valence-corrected chi connectivity index (χ0v) is 18.1. The number of carbonyl (C=O) groups is 2. The summed E-state index contributed by atoms with van der Waals surface area (Å²) >= 11 is 0. The summed E-state index contributed by atoms with van der Waals surface area (Å²) in [6.45, 7) is 2.24. The molecule has 2 aromatic carbocycles. The maximum absolute atomic E-state index is 13.1. The fraction of sp³-hybridized carbons (Fsp3) is 0.417. The third-order valence-electron chi connectivity index (χ3n) is 6.16. The Morgan fingerprint density at radius 1 is 0.939 bits per heavy atom. The Balaban J connectivity index is 1.25. The van der Waals surface area contributed by atoms with Crippen LogP contribution in [0.3, 0.4) is 0 Å². The van der Waals surface area contributed by atoms with Crippen LogP contribution in [-0.2, 0) is 9.53 Å². The average Bonchev–Trinajstić information content (AvgIpc) is 3.11. The molecule has 33 heavy (non-hydrogen) atoms. The Labute approximate surface area is 191 Å². The molecule has 8 nitrogen and oxygen atoms in total. The van der Waals surface area contributed by atoms with E-state index in [0.29, 0.717) is 31.7 Å². The highest BCUT2D eigenvalue weighted by Gasteiger charge is 2.44. The third-order valence-corrected chi connectivity index (χ3v) is 6.16. The van der Waals surface area contributed by atoms with Gasteiger partial charge >= 0.3 is 0 Å². The summed E-state index contributed by atoms with van der Waals surface area (Å²) in [5.74, 6) is -0.763. The number of rotatable bonds is 6. The Morgan fingerprint density at radius 3 is 2.24 bits per heavy atom. The van der Waals surface area contributed by atoms with Crippen molar-refractivity contribution in [1.82, 2.24) is 10.2 Å². The van der Waals surface area contributed by atoms with Gasteiger partial charge in [-0.25, -0.2) is 4.39 Å². The Hall–Kier alpha value is -3.01. The Kier molecular flexibility index (Phi) is 7.22. The van der Waals surface area contributed by atoms with Gasteiger partial charge in [-0.3, -0.25) is 9.59 Å². The summed E-state index contributed by atoms with van der Waals surface area (Å²) in [6.07, 6.45) is -4.12. The molecule has 2 saturated heterocycles. The number of halogens is 1. The van der Waals surface area contributed by atoms with Gasteiger partial charge in [0.05, 0.1) is 12.5 Å². The zero-order chi connectivity index (χ0) is 23.4. The van der Waals surface area contributed by atoms with Gasteiger partial charge in [-0.2, -0.15) is 0 Å². The molecule has 9 heteroatoms. The van der Waals surface area contributed by atoms with Crippen LogP contribution < -0.4 is 10.2 Å². The molecular formula is C24H28FN3O5. The van der Waals surface area contributed by atoms with E-state index in [1.807, 2.05) is 0 Å². The first-order chi connectivity index (χ1) is 15.9. The summed E-state index contributed by atoms with van der Waals surface area (Å²) in [5, 5.41) is 23.4. The lowest BCUT2D eigenvalue weighted by Crippen LogP contribution is -2.49. The van der Waals surface area contributed by atoms with E-state index in [9.17, 15) is 24.2 Å². The van der Waals surface area contributed by atoms with E-state index in [-0.39, 0.29) is 30.6 Å². The second-order valence-electron chi connectivity index (χ2n) is 8.32. The fourth-order valence-electron chi connectivity index (χ4n) is 4.22. The lowest BCUT2D eigenvalue weighted by Gasteiger charge is -2.36. The fourth-order valence-corrected chi connectivity index (χ4v) is 4.22. The van der Waals surface area contributed by atoms with Crippen LogP contribution in [0.4, 0.5) is 10.1 Å². The minimum atomic E-state index is -1.21. The number of piperazine rings is 1. The van der Waals surface area contributed by atoms with Gasteiger partial charge in [0, 0.05) is 44.0 Å². The first kappa shape index (κ1) is 23.2. The van der Waals surface area contributed by atoms with Crippen LogP contribution in [0.5, 0.6) is 0 Å². The normalized spacial score (nSPS) is 25.2. The van der Waals surface area contributed by atoms with Crippen LogP contribution in [0.2, 0.25) is 0 Å². The number of aliphatic hydroxyl groups is 2. The lowest BCUT2D eigenvalue weighted by atomic mass is 10.0. The summed E-state index contributed by atoms with van der Waals surface area (Å²) in [6, 6.07) is 14.9. The molecular weight excluding hydrogens is 429 g/mol. The largest absolute Gasteiger partial charge is 0.388 e. The van der Waals surface area contributed by atoms with E-state index < -0.39 is 24.4 Å². The number of carbonyl (C=O) groups excluding carboxylic acids is 2. The van der Waals surface area contributed by atoms with Crippen molar-refractivity contribution in [2.24, 2.45) is 0 Å². The molecule has 0 spiro atoms. The van der Waals surface area contributed by atoms with Gasteiger partial charge in [-0.05, 0) is 36.4 Å². The molecule has 0 bridgehead atoms. The molecule has 2 aliphatic heterocycles. The third kappa shape index (κ3) is 5.50. The maximum Gasteiger partial charge on any atom is 0.251 e. The predicted octanol–water partition coefficient (Wildman–Crippen LogP) is 0.784. The number of amides is 2. The van der Waals surface area contributed by atoms with E-state index >= 15 is 0 Å². The molecule has 2 fully saturated rings. The Morgan fingerprint density at radius 2 is 1.58 bits per heavy atom. The van der Waals surface area contributed by atoms with E-state index in [1.165, 1.54) is 12.1 Å². The van der Waals surface area contributed by atoms with Crippen LogP contribution >= 0.6 is 0 Å². The standard InChI is InChI=1S/C24H28FN3O5/c25-17-6-8-18(9-7-17)27-10-12-28(13-11-27)21(29)14-19-22(30)23(31)20(33-19)15-26-24(32)16-4-2-1-3-5-16/h1-9,19-20,22-23,30-31H,10-15H2,(H,26,32)/t19-,20-,22-,23+/m0/s1. The Bertz CT molecular complexity index is 950. The summed E-state index contributed by atoms with van der Waals surface area (Å²) < 4.78 is 18.9. The number of aliphatic hydroxyl groups excluding tert-OH is 2. The highest BCUT2D eigenvalue weighted by molar-refractivity contribution is 5.94. The van der Waals surface area contributed by atoms with Crippen molar-refractivity contribution in [2.45, 2.75) is 30.8 Å². The first-order valence-corrected chi connectivity index (χ1v) is 11.1. The smallest absolute Gasteiger partial charge is 0.251 e. The maximum atomic E-state index is 13.1. The van der Waals surface area contributed by atoms with Crippen LogP contribution in [0, 0.1) is 5.82 Å². The molecule has 2 aliphatic rings. The second kappa shape index (κ2) is 10.3. The average molecular weight is 458 g/mol. The second-order valence-corrected chi connectivity index (χ2v) is 8.32. The van der Waals surface area contributed by atoms with Crippen LogP contribution in [-0.4, -0.2) is 84.1 Å². The number of nitrogens with zero attached hydrogens (tertiary/aromatic N) is 2. The van der Waals surface area contributed by atoms with Gasteiger partial charge in [0.1, 0.15) is 24.1 Å². The summed E-state index contributed by atoms with van der Waals surface area (Å²) in [4.78, 5) is 28.8. The molecule has 0 saturated carbocycles. The topological polar surface area (TPSA) is 102 Å². The molecule has 0 aromatic heterocycles. The molecule has 0 radical (unpaired) electrons. The van der Waals surface area contributed by atoms with Crippen molar-refractivity contribution < 1.29 is 28.9 Å². The quantitative estimate of drug-likeness (QED) is 0.593. The number of benzene rings is 2. The highest BCUT2D eigenvalue weighted by Crippen LogP contribution is 2.25. The monoisotopic (exact) mass is 457 g/mol. The number of hydrogen-bond donors (Lipinski definition) is 3.